The first-order valence-electron chi connectivity index (χ1n) is 9.92. The van der Waals surface area contributed by atoms with E-state index >= 15 is 0 Å². The molecule has 0 unspecified atom stereocenters. The van der Waals surface area contributed by atoms with E-state index in [1.54, 1.807) is 11.3 Å². The van der Waals surface area contributed by atoms with Crippen molar-refractivity contribution in [1.29, 1.82) is 0 Å². The Morgan fingerprint density at radius 1 is 1.00 bits per heavy atom. The lowest BCUT2D eigenvalue weighted by molar-refractivity contribution is 0.122. The number of para-hydroxylation sites is 1. The third kappa shape index (κ3) is 2.67. The fourth-order valence-electron chi connectivity index (χ4n) is 4.40. The van der Waals surface area contributed by atoms with Crippen molar-refractivity contribution in [2.75, 3.05) is 42.6 Å². The average Bonchev–Trinajstić information content (AvgIpc) is 3.34. The third-order valence-corrected chi connectivity index (χ3v) is 6.99. The summed E-state index contributed by atoms with van der Waals surface area (Å²) in [6.07, 6.45) is 1.08. The Balaban J connectivity index is 1.30. The van der Waals surface area contributed by atoms with Crippen molar-refractivity contribution in [3.8, 4) is 0 Å². The fraction of sp³-hybridized carbons (Fsp3) is 0.318. The van der Waals surface area contributed by atoms with E-state index in [-0.39, 0.29) is 0 Å². The molecule has 2 aromatic heterocycles. The highest BCUT2D eigenvalue weighted by Gasteiger charge is 2.21. The number of aromatic nitrogens is 2. The Hall–Kier alpha value is -2.57. The summed E-state index contributed by atoms with van der Waals surface area (Å²) in [5.74, 6) is 0. The van der Waals surface area contributed by atoms with Crippen LogP contribution >= 0.6 is 11.3 Å². The molecule has 0 bridgehead atoms. The van der Waals surface area contributed by atoms with Gasteiger partial charge in [-0.3, -0.25) is 0 Å². The second-order valence-corrected chi connectivity index (χ2v) is 8.56. The van der Waals surface area contributed by atoms with Crippen molar-refractivity contribution in [2.24, 2.45) is 0 Å². The Bertz CT molecular complexity index is 1160. The molecule has 0 amide bonds. The summed E-state index contributed by atoms with van der Waals surface area (Å²) < 4.78 is 6.73. The molecule has 28 heavy (non-hydrogen) atoms. The Kier molecular flexibility index (Phi) is 3.80. The predicted molar refractivity (Wildman–Crippen MR) is 116 cm³/mol. The van der Waals surface area contributed by atoms with Crippen molar-refractivity contribution in [2.45, 2.75) is 13.0 Å². The van der Waals surface area contributed by atoms with E-state index < -0.39 is 0 Å². The molecular weight excluding hydrogens is 368 g/mol. The summed E-state index contributed by atoms with van der Waals surface area (Å²) in [5, 5.41) is 2.49. The first-order chi connectivity index (χ1) is 13.8. The summed E-state index contributed by atoms with van der Waals surface area (Å²) in [5.41, 5.74) is 6.44. The molecule has 5 nitrogen and oxygen atoms in total. The zero-order valence-corrected chi connectivity index (χ0v) is 16.5. The standard InChI is InChI=1S/C22H22N4OS/c1-2-4-18-16(3-1)17-7-8-26(14-20(17)23-18)15-5-6-21-19(13-15)24-22(28-21)25-9-11-27-12-10-25/h1-6,13,23H,7-12,14H2. The number of morpholine rings is 1. The van der Waals surface area contributed by atoms with Crippen molar-refractivity contribution >= 4 is 43.3 Å². The molecule has 6 heteroatoms. The molecule has 4 aromatic rings. The van der Waals surface area contributed by atoms with Crippen LogP contribution in [0.1, 0.15) is 11.3 Å². The first kappa shape index (κ1) is 16.4. The molecule has 2 aliphatic rings. The molecule has 0 spiro atoms. The van der Waals surface area contributed by atoms with Gasteiger partial charge in [-0.2, -0.15) is 0 Å². The van der Waals surface area contributed by atoms with Crippen LogP contribution in [-0.2, 0) is 17.7 Å². The van der Waals surface area contributed by atoms with E-state index in [9.17, 15) is 0 Å². The van der Waals surface area contributed by atoms with E-state index in [1.807, 2.05) is 0 Å². The van der Waals surface area contributed by atoms with Gasteiger partial charge >= 0.3 is 0 Å². The number of H-pyrrole nitrogens is 1. The van der Waals surface area contributed by atoms with E-state index in [0.29, 0.717) is 0 Å². The molecule has 6 rings (SSSR count). The number of nitrogens with one attached hydrogen (secondary N) is 1. The van der Waals surface area contributed by atoms with Crippen molar-refractivity contribution in [1.82, 2.24) is 9.97 Å². The van der Waals surface area contributed by atoms with Crippen LogP contribution in [0.2, 0.25) is 0 Å². The molecule has 2 aliphatic heterocycles. The smallest absolute Gasteiger partial charge is 0.186 e. The van der Waals surface area contributed by atoms with Crippen LogP contribution in [0.15, 0.2) is 42.5 Å². The average molecular weight is 391 g/mol. The molecule has 1 fully saturated rings. The van der Waals surface area contributed by atoms with Gasteiger partial charge in [-0.1, -0.05) is 29.5 Å². The van der Waals surface area contributed by atoms with Gasteiger partial charge in [0.15, 0.2) is 5.13 Å². The van der Waals surface area contributed by atoms with Crippen LogP contribution in [0.5, 0.6) is 0 Å². The van der Waals surface area contributed by atoms with E-state index in [4.69, 9.17) is 9.72 Å². The van der Waals surface area contributed by atoms with Crippen LogP contribution in [0.3, 0.4) is 0 Å². The maximum absolute atomic E-state index is 5.47. The number of hydrogen-bond donors (Lipinski definition) is 1. The zero-order valence-electron chi connectivity index (χ0n) is 15.6. The number of aromatic amines is 1. The van der Waals surface area contributed by atoms with E-state index in [1.165, 1.54) is 32.5 Å². The minimum Gasteiger partial charge on any atom is -0.378 e. The largest absolute Gasteiger partial charge is 0.378 e. The Morgan fingerprint density at radius 3 is 2.82 bits per heavy atom. The quantitative estimate of drug-likeness (QED) is 0.558. The summed E-state index contributed by atoms with van der Waals surface area (Å²) in [6.45, 7) is 5.42. The van der Waals surface area contributed by atoms with Gasteiger partial charge in [-0.05, 0) is 36.2 Å². The summed E-state index contributed by atoms with van der Waals surface area (Å²) in [4.78, 5) is 13.4. The van der Waals surface area contributed by atoms with Crippen LogP contribution in [0.4, 0.5) is 10.8 Å². The van der Waals surface area contributed by atoms with Gasteiger partial charge in [0.1, 0.15) is 0 Å². The molecule has 142 valence electrons. The molecule has 0 saturated carbocycles. The SMILES string of the molecule is c1ccc2c3c([nH]c2c1)CN(c1ccc2sc(N4CCOCC4)nc2c1)CC3. The molecule has 1 N–H and O–H groups in total. The number of thiazole rings is 1. The van der Waals surface area contributed by atoms with E-state index in [2.05, 4.69) is 57.2 Å². The van der Waals surface area contributed by atoms with Crippen molar-refractivity contribution in [3.05, 3.63) is 53.7 Å². The first-order valence-corrected chi connectivity index (χ1v) is 10.7. The second-order valence-electron chi connectivity index (χ2n) is 7.55. The normalized spacial score (nSPS) is 17.4. The molecule has 4 heterocycles. The molecular formula is C22H22N4OS. The van der Waals surface area contributed by atoms with Crippen molar-refractivity contribution < 1.29 is 4.74 Å². The van der Waals surface area contributed by atoms with Gasteiger partial charge < -0.3 is 19.5 Å². The predicted octanol–water partition coefficient (Wildman–Crippen LogP) is 4.18. The monoisotopic (exact) mass is 390 g/mol. The molecule has 0 radical (unpaired) electrons. The van der Waals surface area contributed by atoms with Crippen LogP contribution in [-0.4, -0.2) is 42.8 Å². The summed E-state index contributed by atoms with van der Waals surface area (Å²) in [7, 11) is 0. The lowest BCUT2D eigenvalue weighted by atomic mass is 10.0. The highest BCUT2D eigenvalue weighted by Crippen LogP contribution is 2.34. The molecule has 2 aromatic carbocycles. The summed E-state index contributed by atoms with van der Waals surface area (Å²) in [6, 6.07) is 15.4. The number of hydrogen-bond acceptors (Lipinski definition) is 5. The number of rotatable bonds is 2. The summed E-state index contributed by atoms with van der Waals surface area (Å²) >= 11 is 1.79. The van der Waals surface area contributed by atoms with Gasteiger partial charge in [0.2, 0.25) is 0 Å². The topological polar surface area (TPSA) is 44.4 Å². The number of benzene rings is 2. The van der Waals surface area contributed by atoms with Gasteiger partial charge in [0.05, 0.1) is 30.0 Å². The van der Waals surface area contributed by atoms with Gasteiger partial charge in [0, 0.05) is 41.9 Å². The van der Waals surface area contributed by atoms with Gasteiger partial charge in [-0.25, -0.2) is 4.98 Å². The maximum atomic E-state index is 5.47. The van der Waals surface area contributed by atoms with E-state index in [0.717, 1.165) is 56.5 Å². The highest BCUT2D eigenvalue weighted by atomic mass is 32.1. The second kappa shape index (κ2) is 6.50. The Morgan fingerprint density at radius 2 is 1.89 bits per heavy atom. The highest BCUT2D eigenvalue weighted by molar-refractivity contribution is 7.22. The van der Waals surface area contributed by atoms with Crippen molar-refractivity contribution in [3.63, 3.8) is 0 Å². The molecule has 0 aliphatic carbocycles. The minimum absolute atomic E-state index is 0.793. The third-order valence-electron chi connectivity index (χ3n) is 5.89. The van der Waals surface area contributed by atoms with Crippen LogP contribution in [0, 0.1) is 0 Å². The maximum Gasteiger partial charge on any atom is 0.186 e. The van der Waals surface area contributed by atoms with Crippen LogP contribution < -0.4 is 9.80 Å². The minimum atomic E-state index is 0.793. The van der Waals surface area contributed by atoms with Gasteiger partial charge in [-0.15, -0.1) is 0 Å². The fourth-order valence-corrected chi connectivity index (χ4v) is 5.40. The number of ether oxygens (including phenoxy) is 1. The number of fused-ring (bicyclic) bond motifs is 4. The number of anilines is 2. The Labute approximate surface area is 167 Å². The van der Waals surface area contributed by atoms with Crippen LogP contribution in [0.25, 0.3) is 21.1 Å². The number of nitrogens with zero attached hydrogens (tertiary/aromatic N) is 3. The molecule has 0 atom stereocenters. The molecule has 1 saturated heterocycles. The lowest BCUT2D eigenvalue weighted by Gasteiger charge is -2.29. The van der Waals surface area contributed by atoms with Gasteiger partial charge in [0.25, 0.3) is 0 Å². The zero-order chi connectivity index (χ0) is 18.5. The lowest BCUT2D eigenvalue weighted by Crippen LogP contribution is -2.36.